The van der Waals surface area contributed by atoms with E-state index in [0.717, 1.165) is 41.5 Å². The molecule has 0 saturated carbocycles. The van der Waals surface area contributed by atoms with Gasteiger partial charge in [-0.2, -0.15) is 0 Å². The average Bonchev–Trinajstić information content (AvgIpc) is 3.32. The highest BCUT2D eigenvalue weighted by Gasteiger charge is 2.25. The number of hydrogen-bond donors (Lipinski definition) is 2. The molecule has 4 aromatic rings. The van der Waals surface area contributed by atoms with Crippen molar-refractivity contribution in [2.75, 3.05) is 11.1 Å². The van der Waals surface area contributed by atoms with Gasteiger partial charge in [0, 0.05) is 11.4 Å². The molecule has 0 spiro atoms. The molecule has 6 nitrogen and oxygen atoms in total. The summed E-state index contributed by atoms with van der Waals surface area (Å²) in [6.07, 6.45) is 4.84. The van der Waals surface area contributed by atoms with Gasteiger partial charge in [-0.15, -0.1) is 0 Å². The molecular formula is C23H20ClN5O. The number of carbonyl (C=O) groups is 1. The minimum absolute atomic E-state index is 0.110. The second-order valence-corrected chi connectivity index (χ2v) is 7.85. The molecule has 7 heteroatoms. The van der Waals surface area contributed by atoms with Crippen molar-refractivity contribution in [3.8, 4) is 5.69 Å². The zero-order chi connectivity index (χ0) is 20.7. The Morgan fingerprint density at radius 3 is 2.77 bits per heavy atom. The first-order valence-corrected chi connectivity index (χ1v) is 10.3. The third-order valence-electron chi connectivity index (χ3n) is 5.51. The third-order valence-corrected chi connectivity index (χ3v) is 5.82. The Hall–Kier alpha value is -3.38. The van der Waals surface area contributed by atoms with Crippen molar-refractivity contribution in [1.29, 1.82) is 0 Å². The summed E-state index contributed by atoms with van der Waals surface area (Å²) in [4.78, 5) is 21.1. The van der Waals surface area contributed by atoms with Crippen LogP contribution in [-0.2, 0) is 24.1 Å². The Kier molecular flexibility index (Phi) is 4.64. The van der Waals surface area contributed by atoms with Gasteiger partial charge in [0.15, 0.2) is 5.82 Å². The lowest BCUT2D eigenvalue weighted by Gasteiger charge is -2.13. The molecule has 2 aromatic carbocycles. The maximum atomic E-state index is 12.4. The SMILES string of the molecule is Nc1ncnc2c3c(n(-c4ccc(NC(=O)Cc5ccccc5)c(Cl)c4)c12)CCC3. The van der Waals surface area contributed by atoms with Crippen LogP contribution in [0.3, 0.4) is 0 Å². The lowest BCUT2D eigenvalue weighted by molar-refractivity contribution is -0.115. The number of hydrogen-bond acceptors (Lipinski definition) is 4. The van der Waals surface area contributed by atoms with Crippen LogP contribution >= 0.6 is 11.6 Å². The topological polar surface area (TPSA) is 85.8 Å². The Morgan fingerprint density at radius 2 is 1.97 bits per heavy atom. The van der Waals surface area contributed by atoms with Gasteiger partial charge in [0.1, 0.15) is 11.8 Å². The summed E-state index contributed by atoms with van der Waals surface area (Å²) in [5, 5.41) is 3.37. The lowest BCUT2D eigenvalue weighted by Crippen LogP contribution is -2.14. The van der Waals surface area contributed by atoms with Crippen LogP contribution in [-0.4, -0.2) is 20.4 Å². The quantitative estimate of drug-likeness (QED) is 0.517. The fourth-order valence-electron chi connectivity index (χ4n) is 4.20. The number of fused-ring (bicyclic) bond motifs is 3. The first kappa shape index (κ1) is 18.6. The predicted octanol–water partition coefficient (Wildman–Crippen LogP) is 4.33. The van der Waals surface area contributed by atoms with Gasteiger partial charge in [-0.05, 0) is 48.6 Å². The maximum Gasteiger partial charge on any atom is 0.228 e. The van der Waals surface area contributed by atoms with Gasteiger partial charge in [-0.25, -0.2) is 9.97 Å². The minimum atomic E-state index is -0.110. The summed E-state index contributed by atoms with van der Waals surface area (Å²) in [6, 6.07) is 15.2. The maximum absolute atomic E-state index is 12.4. The molecule has 3 N–H and O–H groups in total. The van der Waals surface area contributed by atoms with E-state index in [2.05, 4.69) is 19.9 Å². The highest BCUT2D eigenvalue weighted by Crippen LogP contribution is 2.37. The number of aromatic nitrogens is 3. The van der Waals surface area contributed by atoms with Gasteiger partial charge in [0.05, 0.1) is 22.6 Å². The molecule has 0 bridgehead atoms. The van der Waals surface area contributed by atoms with Crippen molar-refractivity contribution >= 4 is 40.0 Å². The van der Waals surface area contributed by atoms with E-state index in [9.17, 15) is 4.79 Å². The molecule has 30 heavy (non-hydrogen) atoms. The van der Waals surface area contributed by atoms with Crippen molar-refractivity contribution in [2.24, 2.45) is 0 Å². The van der Waals surface area contributed by atoms with Gasteiger partial charge in [-0.3, -0.25) is 4.79 Å². The molecule has 5 rings (SSSR count). The van der Waals surface area contributed by atoms with Gasteiger partial charge in [0.25, 0.3) is 0 Å². The smallest absolute Gasteiger partial charge is 0.228 e. The van der Waals surface area contributed by atoms with Crippen LogP contribution in [0.2, 0.25) is 5.02 Å². The van der Waals surface area contributed by atoms with E-state index in [4.69, 9.17) is 17.3 Å². The third kappa shape index (κ3) is 3.19. The van der Waals surface area contributed by atoms with Gasteiger partial charge >= 0.3 is 0 Å². The fraction of sp³-hybridized carbons (Fsp3) is 0.174. The van der Waals surface area contributed by atoms with E-state index < -0.39 is 0 Å². The molecule has 0 atom stereocenters. The fourth-order valence-corrected chi connectivity index (χ4v) is 4.43. The molecule has 0 unspecified atom stereocenters. The number of aryl methyl sites for hydroxylation is 1. The number of anilines is 2. The van der Waals surface area contributed by atoms with Crippen molar-refractivity contribution in [2.45, 2.75) is 25.7 Å². The number of rotatable bonds is 4. The number of nitrogen functional groups attached to an aromatic ring is 1. The number of amides is 1. The zero-order valence-electron chi connectivity index (χ0n) is 16.2. The van der Waals surface area contributed by atoms with E-state index in [1.165, 1.54) is 17.6 Å². The van der Waals surface area contributed by atoms with Gasteiger partial charge in [-0.1, -0.05) is 41.9 Å². The number of carbonyl (C=O) groups excluding carboxylic acids is 1. The summed E-state index contributed by atoms with van der Waals surface area (Å²) < 4.78 is 2.11. The molecular weight excluding hydrogens is 398 g/mol. The monoisotopic (exact) mass is 417 g/mol. The van der Waals surface area contributed by atoms with E-state index in [1.807, 2.05) is 48.5 Å². The minimum Gasteiger partial charge on any atom is -0.382 e. The number of nitrogens with one attached hydrogen (secondary N) is 1. The average molecular weight is 418 g/mol. The normalized spacial score (nSPS) is 12.8. The Bertz CT molecular complexity index is 1270. The van der Waals surface area contributed by atoms with E-state index in [1.54, 1.807) is 0 Å². The summed E-state index contributed by atoms with van der Waals surface area (Å²) in [5.41, 5.74) is 12.8. The molecule has 0 fully saturated rings. The van der Waals surface area contributed by atoms with Crippen LogP contribution in [0.25, 0.3) is 16.7 Å². The number of benzene rings is 2. The molecule has 1 aliphatic rings. The Morgan fingerprint density at radius 1 is 1.13 bits per heavy atom. The number of nitrogens with two attached hydrogens (primary N) is 1. The second kappa shape index (κ2) is 7.46. The lowest BCUT2D eigenvalue weighted by atomic mass is 10.1. The number of halogens is 1. The molecule has 0 radical (unpaired) electrons. The summed E-state index contributed by atoms with van der Waals surface area (Å²) >= 11 is 6.54. The van der Waals surface area contributed by atoms with Gasteiger partial charge < -0.3 is 15.6 Å². The largest absolute Gasteiger partial charge is 0.382 e. The van der Waals surface area contributed by atoms with E-state index in [-0.39, 0.29) is 5.91 Å². The predicted molar refractivity (Wildman–Crippen MR) is 119 cm³/mol. The first-order valence-electron chi connectivity index (χ1n) is 9.88. The highest BCUT2D eigenvalue weighted by molar-refractivity contribution is 6.34. The Labute approximate surface area is 178 Å². The molecule has 2 aromatic heterocycles. The molecule has 0 saturated heterocycles. The second-order valence-electron chi connectivity index (χ2n) is 7.45. The zero-order valence-corrected chi connectivity index (χ0v) is 17.0. The molecule has 2 heterocycles. The molecule has 0 aliphatic heterocycles. The Balaban J connectivity index is 1.48. The highest BCUT2D eigenvalue weighted by atomic mass is 35.5. The van der Waals surface area contributed by atoms with Gasteiger partial charge in [0.2, 0.25) is 5.91 Å². The molecule has 1 amide bonds. The van der Waals surface area contributed by atoms with E-state index >= 15 is 0 Å². The van der Waals surface area contributed by atoms with Crippen molar-refractivity contribution in [3.63, 3.8) is 0 Å². The van der Waals surface area contributed by atoms with Crippen molar-refractivity contribution in [3.05, 3.63) is 76.7 Å². The number of nitrogens with zero attached hydrogens (tertiary/aromatic N) is 3. The van der Waals surface area contributed by atoms with Crippen LogP contribution in [0.1, 0.15) is 23.2 Å². The first-order chi connectivity index (χ1) is 14.6. The van der Waals surface area contributed by atoms with Crippen LogP contribution < -0.4 is 11.1 Å². The van der Waals surface area contributed by atoms with E-state index in [0.29, 0.717) is 22.9 Å². The standard InChI is InChI=1S/C23H20ClN5O/c24-17-12-15(9-10-18(17)28-20(30)11-14-5-2-1-3-6-14)29-19-8-4-7-16(19)21-22(29)23(25)27-13-26-21/h1-3,5-6,9-10,12-13H,4,7-8,11H2,(H,28,30)(H2,25,26,27). The van der Waals surface area contributed by atoms with Crippen LogP contribution in [0, 0.1) is 0 Å². The van der Waals surface area contributed by atoms with Crippen LogP contribution in [0.5, 0.6) is 0 Å². The van der Waals surface area contributed by atoms with Crippen LogP contribution in [0.15, 0.2) is 54.9 Å². The molecule has 1 aliphatic carbocycles. The van der Waals surface area contributed by atoms with Crippen molar-refractivity contribution in [1.82, 2.24) is 14.5 Å². The summed E-state index contributed by atoms with van der Waals surface area (Å²) in [7, 11) is 0. The van der Waals surface area contributed by atoms with Crippen molar-refractivity contribution < 1.29 is 4.79 Å². The summed E-state index contributed by atoms with van der Waals surface area (Å²) in [6.45, 7) is 0. The summed E-state index contributed by atoms with van der Waals surface area (Å²) in [5.74, 6) is 0.339. The molecule has 150 valence electrons. The van der Waals surface area contributed by atoms with Crippen LogP contribution in [0.4, 0.5) is 11.5 Å².